The number of nitrogens with zero attached hydrogens (tertiary/aromatic N) is 1. The SMILES string of the molecule is CCNC(=NCC(=O)NCc1ccco1)NC(C)(C)C.I. The van der Waals surface area contributed by atoms with Gasteiger partial charge in [0.25, 0.3) is 0 Å². The summed E-state index contributed by atoms with van der Waals surface area (Å²) in [6, 6.07) is 3.60. The van der Waals surface area contributed by atoms with Crippen molar-refractivity contribution in [2.75, 3.05) is 13.1 Å². The van der Waals surface area contributed by atoms with E-state index < -0.39 is 0 Å². The van der Waals surface area contributed by atoms with Crippen LogP contribution in [0.5, 0.6) is 0 Å². The highest BCUT2D eigenvalue weighted by Gasteiger charge is 2.12. The molecule has 0 atom stereocenters. The number of halogens is 1. The maximum Gasteiger partial charge on any atom is 0.242 e. The third-order valence-corrected chi connectivity index (χ3v) is 2.26. The van der Waals surface area contributed by atoms with E-state index in [0.29, 0.717) is 12.5 Å². The monoisotopic (exact) mass is 408 g/mol. The maximum absolute atomic E-state index is 11.7. The molecule has 0 aliphatic carbocycles. The van der Waals surface area contributed by atoms with Gasteiger partial charge in [-0.2, -0.15) is 0 Å². The molecule has 0 aliphatic heterocycles. The van der Waals surface area contributed by atoms with Crippen LogP contribution in [0.1, 0.15) is 33.5 Å². The van der Waals surface area contributed by atoms with Crippen LogP contribution in [0.15, 0.2) is 27.8 Å². The Balaban J connectivity index is 0.00000400. The number of rotatable bonds is 5. The summed E-state index contributed by atoms with van der Waals surface area (Å²) in [4.78, 5) is 15.9. The first-order valence-electron chi connectivity index (χ1n) is 6.76. The third-order valence-electron chi connectivity index (χ3n) is 2.26. The number of hydrogen-bond donors (Lipinski definition) is 3. The second-order valence-corrected chi connectivity index (χ2v) is 5.43. The summed E-state index contributed by atoms with van der Waals surface area (Å²) in [5, 5.41) is 9.08. The molecule has 3 N–H and O–H groups in total. The van der Waals surface area contributed by atoms with Crippen molar-refractivity contribution in [1.29, 1.82) is 0 Å². The van der Waals surface area contributed by atoms with E-state index in [-0.39, 0.29) is 42.0 Å². The first-order valence-corrected chi connectivity index (χ1v) is 6.76. The van der Waals surface area contributed by atoms with Crippen LogP contribution in [0.4, 0.5) is 0 Å². The largest absolute Gasteiger partial charge is 0.467 e. The molecule has 0 saturated heterocycles. The van der Waals surface area contributed by atoms with Gasteiger partial charge in [0.1, 0.15) is 12.3 Å². The van der Waals surface area contributed by atoms with E-state index in [1.807, 2.05) is 33.8 Å². The van der Waals surface area contributed by atoms with Gasteiger partial charge in [0.2, 0.25) is 5.91 Å². The predicted molar refractivity (Wildman–Crippen MR) is 94.8 cm³/mol. The van der Waals surface area contributed by atoms with Crippen LogP contribution in [0, 0.1) is 0 Å². The normalized spacial score (nSPS) is 11.5. The van der Waals surface area contributed by atoms with Crippen molar-refractivity contribution in [2.45, 2.75) is 39.8 Å². The molecule has 0 saturated carbocycles. The van der Waals surface area contributed by atoms with Gasteiger partial charge in [-0.3, -0.25) is 4.79 Å². The van der Waals surface area contributed by atoms with Gasteiger partial charge in [-0.05, 0) is 39.8 Å². The zero-order valence-electron chi connectivity index (χ0n) is 13.0. The van der Waals surface area contributed by atoms with Crippen molar-refractivity contribution in [3.05, 3.63) is 24.2 Å². The van der Waals surface area contributed by atoms with Gasteiger partial charge in [-0.25, -0.2) is 4.99 Å². The van der Waals surface area contributed by atoms with E-state index in [1.165, 1.54) is 0 Å². The van der Waals surface area contributed by atoms with Crippen molar-refractivity contribution in [3.8, 4) is 0 Å². The average molecular weight is 408 g/mol. The second kappa shape index (κ2) is 9.64. The van der Waals surface area contributed by atoms with E-state index in [4.69, 9.17) is 4.42 Å². The van der Waals surface area contributed by atoms with Gasteiger partial charge in [0.05, 0.1) is 12.8 Å². The summed E-state index contributed by atoms with van der Waals surface area (Å²) in [5.74, 6) is 1.21. The summed E-state index contributed by atoms with van der Waals surface area (Å²) < 4.78 is 5.14. The first-order chi connectivity index (χ1) is 9.40. The topological polar surface area (TPSA) is 78.7 Å². The maximum atomic E-state index is 11.7. The molecule has 21 heavy (non-hydrogen) atoms. The van der Waals surface area contributed by atoms with Crippen molar-refractivity contribution in [3.63, 3.8) is 0 Å². The Morgan fingerprint density at radius 3 is 2.57 bits per heavy atom. The molecule has 0 unspecified atom stereocenters. The molecule has 1 amide bonds. The molecule has 7 heteroatoms. The number of aliphatic imine (C=N–C) groups is 1. The summed E-state index contributed by atoms with van der Waals surface area (Å²) >= 11 is 0. The molecule has 0 fully saturated rings. The summed E-state index contributed by atoms with van der Waals surface area (Å²) in [6.07, 6.45) is 1.58. The zero-order chi connectivity index (χ0) is 15.0. The minimum atomic E-state index is -0.146. The standard InChI is InChI=1S/C14H24N4O2.HI/c1-5-15-13(18-14(2,3)4)17-10-12(19)16-9-11-7-6-8-20-11;/h6-8H,5,9-10H2,1-4H3,(H,16,19)(H2,15,17,18);1H. The number of furan rings is 1. The Kier molecular flexibility index (Phi) is 9.07. The first kappa shape index (κ1) is 19.8. The molecule has 1 heterocycles. The minimum absolute atomic E-state index is 0. The van der Waals surface area contributed by atoms with Crippen molar-refractivity contribution >= 4 is 35.8 Å². The molecule has 0 spiro atoms. The molecule has 0 aromatic carbocycles. The average Bonchev–Trinajstić information content (AvgIpc) is 2.85. The minimum Gasteiger partial charge on any atom is -0.467 e. The van der Waals surface area contributed by atoms with Gasteiger partial charge in [0, 0.05) is 12.1 Å². The molecule has 0 bridgehead atoms. The predicted octanol–water partition coefficient (Wildman–Crippen LogP) is 1.87. The summed E-state index contributed by atoms with van der Waals surface area (Å²) in [5.41, 5.74) is -0.106. The molecule has 0 radical (unpaired) electrons. The van der Waals surface area contributed by atoms with Crippen LogP contribution < -0.4 is 16.0 Å². The molecular weight excluding hydrogens is 383 g/mol. The Bertz CT molecular complexity index is 438. The Hall–Kier alpha value is -1.25. The second-order valence-electron chi connectivity index (χ2n) is 5.43. The van der Waals surface area contributed by atoms with Gasteiger partial charge in [-0.15, -0.1) is 24.0 Å². The fraction of sp³-hybridized carbons (Fsp3) is 0.571. The lowest BCUT2D eigenvalue weighted by Crippen LogP contribution is -2.48. The van der Waals surface area contributed by atoms with Crippen LogP contribution in [0.25, 0.3) is 0 Å². The lowest BCUT2D eigenvalue weighted by atomic mass is 10.1. The smallest absolute Gasteiger partial charge is 0.242 e. The van der Waals surface area contributed by atoms with Crippen LogP contribution in [-0.4, -0.2) is 30.5 Å². The quantitative estimate of drug-likeness (QED) is 0.395. The van der Waals surface area contributed by atoms with Gasteiger partial charge in [0.15, 0.2) is 5.96 Å². The zero-order valence-corrected chi connectivity index (χ0v) is 15.4. The number of carbonyl (C=O) groups excluding carboxylic acids is 1. The Morgan fingerprint density at radius 1 is 1.33 bits per heavy atom. The molecule has 0 aliphatic rings. The van der Waals surface area contributed by atoms with E-state index >= 15 is 0 Å². The fourth-order valence-electron chi connectivity index (χ4n) is 1.47. The van der Waals surface area contributed by atoms with E-state index in [1.54, 1.807) is 12.3 Å². The third kappa shape index (κ3) is 9.33. The van der Waals surface area contributed by atoms with Gasteiger partial charge >= 0.3 is 0 Å². The van der Waals surface area contributed by atoms with Crippen molar-refractivity contribution < 1.29 is 9.21 Å². The number of amides is 1. The number of carbonyl (C=O) groups is 1. The number of nitrogens with one attached hydrogen (secondary N) is 3. The fourth-order valence-corrected chi connectivity index (χ4v) is 1.47. The molecule has 1 aromatic heterocycles. The van der Waals surface area contributed by atoms with Gasteiger partial charge in [-0.1, -0.05) is 0 Å². The Labute approximate surface area is 143 Å². The van der Waals surface area contributed by atoms with Crippen LogP contribution in [-0.2, 0) is 11.3 Å². The highest BCUT2D eigenvalue weighted by atomic mass is 127. The van der Waals surface area contributed by atoms with Gasteiger partial charge < -0.3 is 20.4 Å². The van der Waals surface area contributed by atoms with Crippen LogP contribution in [0.2, 0.25) is 0 Å². The summed E-state index contributed by atoms with van der Waals surface area (Å²) in [6.45, 7) is 9.30. The molecule has 1 rings (SSSR count). The highest BCUT2D eigenvalue weighted by molar-refractivity contribution is 14.0. The number of hydrogen-bond acceptors (Lipinski definition) is 3. The molecule has 120 valence electrons. The lowest BCUT2D eigenvalue weighted by Gasteiger charge is -2.23. The molecule has 6 nitrogen and oxygen atoms in total. The molecular formula is C14H25IN4O2. The van der Waals surface area contributed by atoms with E-state index in [9.17, 15) is 4.79 Å². The van der Waals surface area contributed by atoms with E-state index in [0.717, 1.165) is 12.3 Å². The Morgan fingerprint density at radius 2 is 2.05 bits per heavy atom. The van der Waals surface area contributed by atoms with Crippen molar-refractivity contribution in [2.24, 2.45) is 4.99 Å². The molecule has 1 aromatic rings. The van der Waals surface area contributed by atoms with Crippen LogP contribution in [0.3, 0.4) is 0 Å². The van der Waals surface area contributed by atoms with E-state index in [2.05, 4.69) is 20.9 Å². The van der Waals surface area contributed by atoms with Crippen molar-refractivity contribution in [1.82, 2.24) is 16.0 Å². The van der Waals surface area contributed by atoms with Crippen LogP contribution >= 0.6 is 24.0 Å². The highest BCUT2D eigenvalue weighted by Crippen LogP contribution is 1.99. The summed E-state index contributed by atoms with van der Waals surface area (Å²) in [7, 11) is 0. The number of guanidine groups is 1. The lowest BCUT2D eigenvalue weighted by molar-refractivity contribution is -0.119.